The van der Waals surface area contributed by atoms with Crippen molar-refractivity contribution >= 4 is 13.7 Å². The van der Waals surface area contributed by atoms with Crippen molar-refractivity contribution in [3.8, 4) is 0 Å². The van der Waals surface area contributed by atoms with E-state index in [-0.39, 0.29) is 6.42 Å². The summed E-state index contributed by atoms with van der Waals surface area (Å²) in [6.07, 6.45) is 19.9. The van der Waals surface area contributed by atoms with Gasteiger partial charge in [0.2, 0.25) is 5.91 Å². The number of phosphoric ester groups is 1. The Kier molecular flexibility index (Phi) is 30.7. The number of phosphoric acid groups is 1. The van der Waals surface area contributed by atoms with E-state index in [1.165, 1.54) is 96.0 Å². The van der Waals surface area contributed by atoms with Gasteiger partial charge in [0.05, 0.1) is 31.3 Å². The Labute approximate surface area is 337 Å². The smallest absolute Gasteiger partial charge is 0.393 e. The zero-order valence-corrected chi connectivity index (χ0v) is 35.4. The lowest BCUT2D eigenvalue weighted by Crippen LogP contribution is -2.64. The largest absolute Gasteiger partial charge is 0.472 e. The van der Waals surface area contributed by atoms with Crippen LogP contribution in [0.2, 0.25) is 0 Å². The molecule has 56 heavy (non-hydrogen) atoms. The fourth-order valence-corrected chi connectivity index (χ4v) is 7.85. The number of amides is 1. The first-order chi connectivity index (χ1) is 26.8. The topological polar surface area (TPSA) is 226 Å². The standard InChI is InChI=1S/C42H80NO12P/c1-3-5-7-9-11-13-15-16-17-18-19-20-22-24-26-28-30-35(45)34(32-54-56(52,53)55-42-40(50)38(48)37(47)39(49)41(42)51)43-36(46)31-33(44)29-27-25-23-21-14-12-10-8-6-4-2/h12,14,28,30,33-35,37-42,44-45,47-51H,3-11,13,15-27,29,31-32H2,1-2H3,(H,43,46)(H,52,53)/b14-12-,30-28+. The molecule has 0 bridgehead atoms. The van der Waals surface area contributed by atoms with Gasteiger partial charge in [0.1, 0.15) is 36.6 Å². The molecular formula is C42H80NO12P. The minimum atomic E-state index is -5.14. The Balaban J connectivity index is 2.61. The predicted molar refractivity (Wildman–Crippen MR) is 220 cm³/mol. The number of allylic oxidation sites excluding steroid dienone is 3. The summed E-state index contributed by atoms with van der Waals surface area (Å²) in [4.78, 5) is 23.3. The molecule has 14 heteroatoms. The molecule has 1 aliphatic carbocycles. The molecule has 1 rings (SSSR count). The van der Waals surface area contributed by atoms with Crippen LogP contribution in [0.3, 0.4) is 0 Å². The second kappa shape index (κ2) is 32.6. The number of carbonyl (C=O) groups is 1. The molecule has 0 saturated heterocycles. The lowest BCUT2D eigenvalue weighted by atomic mass is 9.85. The van der Waals surface area contributed by atoms with Crippen LogP contribution in [0.1, 0.15) is 174 Å². The van der Waals surface area contributed by atoms with Crippen LogP contribution < -0.4 is 5.32 Å². The van der Waals surface area contributed by atoms with Crippen molar-refractivity contribution in [1.29, 1.82) is 0 Å². The van der Waals surface area contributed by atoms with Crippen molar-refractivity contribution in [2.24, 2.45) is 0 Å². The summed E-state index contributed by atoms with van der Waals surface area (Å²) in [6.45, 7) is 3.68. The van der Waals surface area contributed by atoms with E-state index < -0.39 is 75.2 Å². The molecular weight excluding hydrogens is 741 g/mol. The van der Waals surface area contributed by atoms with Gasteiger partial charge < -0.3 is 46.0 Å². The SMILES string of the molecule is CCCCC/C=C\CCCCCC(O)CC(=O)NC(COP(=O)(O)OC1C(O)C(O)C(O)C(O)C1O)C(O)/C=C/CCCCCCCCCCCCCCCC. The van der Waals surface area contributed by atoms with Crippen LogP contribution in [0.15, 0.2) is 24.3 Å². The van der Waals surface area contributed by atoms with Gasteiger partial charge in [-0.2, -0.15) is 0 Å². The van der Waals surface area contributed by atoms with Crippen LogP contribution in [0, 0.1) is 0 Å². The van der Waals surface area contributed by atoms with Crippen LogP contribution in [-0.2, 0) is 18.4 Å². The predicted octanol–water partition coefficient (Wildman–Crippen LogP) is 6.42. The molecule has 0 heterocycles. The first-order valence-electron chi connectivity index (χ1n) is 21.9. The van der Waals surface area contributed by atoms with Crippen molar-refractivity contribution in [2.75, 3.05) is 6.61 Å². The zero-order chi connectivity index (χ0) is 41.6. The summed E-state index contributed by atoms with van der Waals surface area (Å²) >= 11 is 0. The lowest BCUT2D eigenvalue weighted by molar-refractivity contribution is -0.220. The first kappa shape index (κ1) is 52.8. The van der Waals surface area contributed by atoms with Crippen molar-refractivity contribution < 1.29 is 59.0 Å². The highest BCUT2D eigenvalue weighted by Crippen LogP contribution is 2.47. The fourth-order valence-electron chi connectivity index (χ4n) is 6.88. The van der Waals surface area contributed by atoms with E-state index in [0.717, 1.165) is 51.4 Å². The van der Waals surface area contributed by atoms with Gasteiger partial charge >= 0.3 is 7.82 Å². The maximum Gasteiger partial charge on any atom is 0.472 e. The maximum absolute atomic E-state index is 12.9. The molecule has 0 aromatic rings. The molecule has 13 nitrogen and oxygen atoms in total. The molecule has 9 N–H and O–H groups in total. The van der Waals surface area contributed by atoms with Gasteiger partial charge in [-0.05, 0) is 44.9 Å². The van der Waals surface area contributed by atoms with Gasteiger partial charge in [-0.3, -0.25) is 13.8 Å². The van der Waals surface area contributed by atoms with E-state index in [4.69, 9.17) is 9.05 Å². The van der Waals surface area contributed by atoms with Gasteiger partial charge in [-0.1, -0.05) is 147 Å². The molecule has 8 unspecified atom stereocenters. The Morgan fingerprint density at radius 1 is 0.625 bits per heavy atom. The van der Waals surface area contributed by atoms with Crippen molar-refractivity contribution in [2.45, 2.75) is 229 Å². The number of carbonyl (C=O) groups excluding carboxylic acids is 1. The van der Waals surface area contributed by atoms with E-state index in [1.807, 2.05) is 0 Å². The van der Waals surface area contributed by atoms with Crippen LogP contribution in [0.5, 0.6) is 0 Å². The Morgan fingerprint density at radius 3 is 1.55 bits per heavy atom. The highest BCUT2D eigenvalue weighted by Gasteiger charge is 2.51. The van der Waals surface area contributed by atoms with Gasteiger partial charge in [0.25, 0.3) is 0 Å². The summed E-state index contributed by atoms with van der Waals surface area (Å²) < 4.78 is 22.8. The number of aliphatic hydroxyl groups excluding tert-OH is 7. The molecule has 0 spiro atoms. The molecule has 0 radical (unpaired) electrons. The molecule has 1 amide bonds. The second-order valence-electron chi connectivity index (χ2n) is 15.7. The molecule has 0 aromatic heterocycles. The van der Waals surface area contributed by atoms with Crippen LogP contribution in [0.25, 0.3) is 0 Å². The summed E-state index contributed by atoms with van der Waals surface area (Å²) in [5.74, 6) is -0.604. The Bertz CT molecular complexity index is 1060. The highest BCUT2D eigenvalue weighted by molar-refractivity contribution is 7.47. The van der Waals surface area contributed by atoms with E-state index in [0.29, 0.717) is 12.8 Å². The molecule has 1 fully saturated rings. The molecule has 0 aliphatic heterocycles. The minimum Gasteiger partial charge on any atom is -0.393 e. The van der Waals surface area contributed by atoms with Crippen molar-refractivity contribution in [3.63, 3.8) is 0 Å². The summed E-state index contributed by atoms with van der Waals surface area (Å²) in [6, 6.07) is -1.24. The van der Waals surface area contributed by atoms with E-state index in [9.17, 15) is 50.0 Å². The van der Waals surface area contributed by atoms with E-state index >= 15 is 0 Å². The number of hydrogen-bond donors (Lipinski definition) is 9. The van der Waals surface area contributed by atoms with Crippen LogP contribution in [-0.4, -0.2) is 108 Å². The number of aliphatic hydroxyl groups is 7. The third-order valence-corrected chi connectivity index (χ3v) is 11.5. The van der Waals surface area contributed by atoms with Crippen molar-refractivity contribution in [3.05, 3.63) is 24.3 Å². The first-order valence-corrected chi connectivity index (χ1v) is 23.4. The average Bonchev–Trinajstić information content (AvgIpc) is 3.17. The van der Waals surface area contributed by atoms with Crippen LogP contribution in [0.4, 0.5) is 0 Å². The fraction of sp³-hybridized carbons (Fsp3) is 0.881. The minimum absolute atomic E-state index is 0.255. The molecule has 330 valence electrons. The average molecular weight is 822 g/mol. The molecule has 1 saturated carbocycles. The second-order valence-corrected chi connectivity index (χ2v) is 17.1. The van der Waals surface area contributed by atoms with Gasteiger partial charge in [-0.25, -0.2) is 4.57 Å². The van der Waals surface area contributed by atoms with Gasteiger partial charge in [0, 0.05) is 0 Å². The number of rotatable bonds is 35. The molecule has 0 aromatic carbocycles. The summed E-state index contributed by atoms with van der Waals surface area (Å²) in [7, 11) is -5.14. The summed E-state index contributed by atoms with van der Waals surface area (Å²) in [5, 5.41) is 74.2. The van der Waals surface area contributed by atoms with Crippen molar-refractivity contribution in [1.82, 2.24) is 5.32 Å². The highest BCUT2D eigenvalue weighted by atomic mass is 31.2. The van der Waals surface area contributed by atoms with E-state index in [1.54, 1.807) is 6.08 Å². The van der Waals surface area contributed by atoms with Crippen LogP contribution >= 0.6 is 7.82 Å². The van der Waals surface area contributed by atoms with E-state index in [2.05, 4.69) is 31.3 Å². The molecule has 1 aliphatic rings. The Morgan fingerprint density at radius 2 is 1.04 bits per heavy atom. The van der Waals surface area contributed by atoms with Gasteiger partial charge in [0.15, 0.2) is 0 Å². The van der Waals surface area contributed by atoms with Gasteiger partial charge in [-0.15, -0.1) is 0 Å². The number of hydrogen-bond acceptors (Lipinski definition) is 11. The number of unbranched alkanes of at least 4 members (excludes halogenated alkanes) is 20. The monoisotopic (exact) mass is 822 g/mol. The third kappa shape index (κ3) is 24.6. The normalized spacial score (nSPS) is 24.4. The maximum atomic E-state index is 12.9. The zero-order valence-electron chi connectivity index (χ0n) is 34.5. The molecule has 8 atom stereocenters. The Hall–Kier alpha value is -1.22. The lowest BCUT2D eigenvalue weighted by Gasteiger charge is -2.41. The third-order valence-electron chi connectivity index (χ3n) is 10.5. The number of nitrogens with one attached hydrogen (secondary N) is 1. The quantitative estimate of drug-likeness (QED) is 0.0192. The summed E-state index contributed by atoms with van der Waals surface area (Å²) in [5.41, 5.74) is 0.